The fourth-order valence-electron chi connectivity index (χ4n) is 5.69. The predicted octanol–water partition coefficient (Wildman–Crippen LogP) is 3.13. The number of nitrogens with zero attached hydrogens (tertiary/aromatic N) is 5. The minimum atomic E-state index is -3.89. The summed E-state index contributed by atoms with van der Waals surface area (Å²) < 4.78 is 27.1. The van der Waals surface area contributed by atoms with Gasteiger partial charge in [0.05, 0.1) is 4.90 Å². The van der Waals surface area contributed by atoms with Crippen LogP contribution in [-0.2, 0) is 9.84 Å². The Morgan fingerprint density at radius 3 is 2.03 bits per heavy atom. The number of benzene rings is 1. The molecule has 0 bridgehead atoms. The smallest absolute Gasteiger partial charge is 0.220 e. The van der Waals surface area contributed by atoms with E-state index in [0.29, 0.717) is 17.9 Å². The van der Waals surface area contributed by atoms with Crippen molar-refractivity contribution in [1.29, 1.82) is 5.26 Å². The topological polar surface area (TPSA) is 70.9 Å². The van der Waals surface area contributed by atoms with Gasteiger partial charge in [-0.05, 0) is 71.2 Å². The lowest BCUT2D eigenvalue weighted by atomic mass is 10.2. The summed E-state index contributed by atoms with van der Waals surface area (Å²) in [4.78, 5) is 9.37. The predicted molar refractivity (Wildman–Crippen MR) is 135 cm³/mol. The van der Waals surface area contributed by atoms with Crippen LogP contribution in [0.15, 0.2) is 46.0 Å². The lowest BCUT2D eigenvalue weighted by Gasteiger charge is -2.29. The van der Waals surface area contributed by atoms with Crippen molar-refractivity contribution in [2.24, 2.45) is 0 Å². The molecule has 0 unspecified atom stereocenters. The third-order valence-corrected chi connectivity index (χ3v) is 9.48. The molecule has 0 aromatic heterocycles. The van der Waals surface area contributed by atoms with E-state index in [1.54, 1.807) is 30.3 Å². The molecule has 4 rings (SSSR count). The highest BCUT2D eigenvalue weighted by Crippen LogP contribution is 2.29. The molecule has 186 valence electrons. The van der Waals surface area contributed by atoms with E-state index in [-0.39, 0.29) is 9.80 Å². The summed E-state index contributed by atoms with van der Waals surface area (Å²) in [5, 5.41) is 10.1. The van der Waals surface area contributed by atoms with E-state index in [1.807, 2.05) is 0 Å². The van der Waals surface area contributed by atoms with Gasteiger partial charge in [-0.25, -0.2) is 8.42 Å². The van der Waals surface area contributed by atoms with E-state index in [9.17, 15) is 13.7 Å². The molecule has 3 aliphatic heterocycles. The van der Waals surface area contributed by atoms with E-state index in [2.05, 4.69) is 39.5 Å². The van der Waals surface area contributed by atoms with Crippen molar-refractivity contribution in [3.8, 4) is 6.07 Å². The van der Waals surface area contributed by atoms with Gasteiger partial charge in [-0.15, -0.1) is 0 Å². The molecular weight excluding hydrogens is 446 g/mol. The highest BCUT2D eigenvalue weighted by Gasteiger charge is 2.35. The van der Waals surface area contributed by atoms with Gasteiger partial charge in [0.15, 0.2) is 4.91 Å². The first-order valence-corrected chi connectivity index (χ1v) is 14.3. The van der Waals surface area contributed by atoms with Gasteiger partial charge in [-0.3, -0.25) is 4.90 Å². The van der Waals surface area contributed by atoms with Gasteiger partial charge in [-0.2, -0.15) is 5.26 Å². The lowest BCUT2D eigenvalue weighted by Crippen LogP contribution is -2.37. The number of allylic oxidation sites excluding steroid dienone is 1. The van der Waals surface area contributed by atoms with Gasteiger partial charge in [0.25, 0.3) is 0 Å². The molecule has 7 nitrogen and oxygen atoms in total. The van der Waals surface area contributed by atoms with E-state index >= 15 is 0 Å². The standard InChI is InChI=1S/C26H39N5O2S/c1-22-9-6-13-28(22)15-8-16-30-19-20-31(18-17-29-14-7-10-23(29)2)26(30)25(21-27)34(32,33)24-11-4-3-5-12-24/h3-5,11-12,22-23H,6-10,13-20H2,1-2H3/b26-25+/t22-,23+/m0/s1. The van der Waals surface area contributed by atoms with Crippen LogP contribution >= 0.6 is 0 Å². The van der Waals surface area contributed by atoms with Crippen molar-refractivity contribution in [1.82, 2.24) is 19.6 Å². The fraction of sp³-hybridized carbons (Fsp3) is 0.654. The maximum Gasteiger partial charge on any atom is 0.220 e. The Morgan fingerprint density at radius 1 is 0.882 bits per heavy atom. The van der Waals surface area contributed by atoms with Crippen molar-refractivity contribution in [3.05, 3.63) is 41.1 Å². The Morgan fingerprint density at radius 2 is 1.47 bits per heavy atom. The van der Waals surface area contributed by atoms with Crippen LogP contribution in [0.5, 0.6) is 0 Å². The normalized spacial score (nSPS) is 25.8. The first kappa shape index (κ1) is 25.0. The molecule has 3 aliphatic rings. The molecule has 0 spiro atoms. The maximum atomic E-state index is 13.5. The molecule has 1 aromatic carbocycles. The van der Waals surface area contributed by atoms with Crippen molar-refractivity contribution < 1.29 is 8.42 Å². The van der Waals surface area contributed by atoms with Gasteiger partial charge in [0.2, 0.25) is 9.84 Å². The van der Waals surface area contributed by atoms with E-state index in [1.165, 1.54) is 25.7 Å². The summed E-state index contributed by atoms with van der Waals surface area (Å²) >= 11 is 0. The molecule has 0 amide bonds. The third-order valence-electron chi connectivity index (χ3n) is 7.78. The molecular formula is C26H39N5O2S. The summed E-state index contributed by atoms with van der Waals surface area (Å²) in [7, 11) is -3.89. The Hall–Kier alpha value is -2.08. The summed E-state index contributed by atoms with van der Waals surface area (Å²) in [5.74, 6) is 0.604. The molecule has 2 atom stereocenters. The van der Waals surface area contributed by atoms with E-state index in [4.69, 9.17) is 0 Å². The number of rotatable bonds is 9. The maximum absolute atomic E-state index is 13.5. The first-order valence-electron chi connectivity index (χ1n) is 12.8. The average Bonchev–Trinajstić information content (AvgIpc) is 3.55. The van der Waals surface area contributed by atoms with Gasteiger partial charge in [0.1, 0.15) is 11.9 Å². The van der Waals surface area contributed by atoms with Crippen LogP contribution in [0.25, 0.3) is 0 Å². The largest absolute Gasteiger partial charge is 0.355 e. The van der Waals surface area contributed by atoms with Crippen LogP contribution in [0, 0.1) is 11.3 Å². The molecule has 0 saturated carbocycles. The number of hydrogen-bond donors (Lipinski definition) is 0. The first-order chi connectivity index (χ1) is 16.4. The molecule has 3 heterocycles. The zero-order valence-corrected chi connectivity index (χ0v) is 21.5. The van der Waals surface area contributed by atoms with E-state index in [0.717, 1.165) is 58.8 Å². The Bertz CT molecular complexity index is 1000. The van der Waals surface area contributed by atoms with Crippen molar-refractivity contribution >= 4 is 9.84 Å². The van der Waals surface area contributed by atoms with Crippen LogP contribution in [-0.4, -0.2) is 92.5 Å². The third kappa shape index (κ3) is 5.42. The second-order valence-corrected chi connectivity index (χ2v) is 11.8. The monoisotopic (exact) mass is 485 g/mol. The number of sulfone groups is 1. The number of nitriles is 1. The van der Waals surface area contributed by atoms with Crippen molar-refractivity contribution in [2.45, 2.75) is 62.9 Å². The zero-order chi connectivity index (χ0) is 24.1. The number of likely N-dealkylation sites (tertiary alicyclic amines) is 2. The highest BCUT2D eigenvalue weighted by atomic mass is 32.2. The molecule has 0 aliphatic carbocycles. The second kappa shape index (κ2) is 11.1. The van der Waals surface area contributed by atoms with Gasteiger partial charge >= 0.3 is 0 Å². The quantitative estimate of drug-likeness (QED) is 0.498. The minimum absolute atomic E-state index is 0.111. The van der Waals surface area contributed by atoms with Gasteiger partial charge in [-0.1, -0.05) is 18.2 Å². The molecule has 0 radical (unpaired) electrons. The highest BCUT2D eigenvalue weighted by molar-refractivity contribution is 7.95. The van der Waals surface area contributed by atoms with E-state index < -0.39 is 9.84 Å². The van der Waals surface area contributed by atoms with Gasteiger partial charge < -0.3 is 14.7 Å². The molecule has 8 heteroatoms. The molecule has 34 heavy (non-hydrogen) atoms. The molecule has 1 aromatic rings. The molecule has 3 saturated heterocycles. The molecule has 0 N–H and O–H groups in total. The Balaban J connectivity index is 1.57. The average molecular weight is 486 g/mol. The summed E-state index contributed by atoms with van der Waals surface area (Å²) in [6, 6.07) is 11.7. The van der Waals surface area contributed by atoms with Crippen LogP contribution in [0.1, 0.15) is 46.0 Å². The van der Waals surface area contributed by atoms with Gasteiger partial charge in [0, 0.05) is 51.4 Å². The summed E-state index contributed by atoms with van der Waals surface area (Å²) in [6.45, 7) is 11.7. The zero-order valence-electron chi connectivity index (χ0n) is 20.7. The van der Waals surface area contributed by atoms with Crippen LogP contribution in [0.4, 0.5) is 0 Å². The van der Waals surface area contributed by atoms with Crippen molar-refractivity contribution in [2.75, 3.05) is 52.4 Å². The van der Waals surface area contributed by atoms with Crippen LogP contribution in [0.2, 0.25) is 0 Å². The second-order valence-electron chi connectivity index (χ2n) is 9.96. The summed E-state index contributed by atoms with van der Waals surface area (Å²) in [6.07, 6.45) is 5.92. The lowest BCUT2D eigenvalue weighted by molar-refractivity contribution is 0.224. The summed E-state index contributed by atoms with van der Waals surface area (Å²) in [5.41, 5.74) is 0. The molecule has 3 fully saturated rings. The fourth-order valence-corrected chi connectivity index (χ4v) is 7.06. The Kier molecular flexibility index (Phi) is 8.18. The SMILES string of the molecule is C[C@@H]1CCCN1CCN1CCN(CCCN2CCC[C@@H]2C)/C1=C(/C#N)S(=O)(=O)c1ccccc1. The van der Waals surface area contributed by atoms with Crippen LogP contribution < -0.4 is 0 Å². The number of hydrogen-bond acceptors (Lipinski definition) is 7. The van der Waals surface area contributed by atoms with Crippen LogP contribution in [0.3, 0.4) is 0 Å². The minimum Gasteiger partial charge on any atom is -0.355 e. The van der Waals surface area contributed by atoms with Crippen molar-refractivity contribution in [3.63, 3.8) is 0 Å². The Labute approximate surface area is 205 Å².